The minimum absolute atomic E-state index is 0.206. The van der Waals surface area contributed by atoms with Gasteiger partial charge in [-0.1, -0.05) is 0 Å². The summed E-state index contributed by atoms with van der Waals surface area (Å²) in [5, 5.41) is 8.78. The molecule has 2 radical (unpaired) electrons. The Kier molecular flexibility index (Phi) is 2.37. The molecule has 1 N–H and O–H groups in total. The summed E-state index contributed by atoms with van der Waals surface area (Å²) in [7, 11) is 5.42. The molecule has 0 unspecified atom stereocenters. The molecule has 72 valence electrons. The van der Waals surface area contributed by atoms with Crippen LogP contribution in [0.4, 0.5) is 0 Å². The second-order valence-corrected chi connectivity index (χ2v) is 3.07. The van der Waals surface area contributed by atoms with Gasteiger partial charge in [-0.25, -0.2) is 4.79 Å². The highest BCUT2D eigenvalue weighted by atomic mass is 16.4. The van der Waals surface area contributed by atoms with Crippen LogP contribution < -0.4 is 0 Å². The first kappa shape index (κ1) is 9.64. The van der Waals surface area contributed by atoms with Crippen LogP contribution in [0.3, 0.4) is 0 Å². The van der Waals surface area contributed by atoms with E-state index in [1.165, 1.54) is 12.1 Å². The third-order valence-corrected chi connectivity index (χ3v) is 2.05. The fourth-order valence-electron chi connectivity index (χ4n) is 1.28. The predicted molar refractivity (Wildman–Crippen MR) is 56.0 cm³/mol. The molecule has 0 amide bonds. The molecule has 0 fully saturated rings. The largest absolute Gasteiger partial charge is 0.478 e. The van der Waals surface area contributed by atoms with Crippen molar-refractivity contribution in [3.05, 3.63) is 35.7 Å². The van der Waals surface area contributed by atoms with Crippen molar-refractivity contribution < 1.29 is 9.90 Å². The van der Waals surface area contributed by atoms with Crippen LogP contribution in [0.1, 0.15) is 16.1 Å². The van der Waals surface area contributed by atoms with Crippen LogP contribution in [0.25, 0.3) is 11.0 Å². The van der Waals surface area contributed by atoms with Crippen LogP contribution in [0, 0.1) is 0 Å². The van der Waals surface area contributed by atoms with E-state index in [1.54, 1.807) is 12.3 Å². The number of rotatable bonds is 2. The smallest absolute Gasteiger partial charge is 0.335 e. The first-order chi connectivity index (χ1) is 7.20. The highest BCUT2D eigenvalue weighted by molar-refractivity contribution is 6.08. The summed E-state index contributed by atoms with van der Waals surface area (Å²) in [6, 6.07) is 4.62. The number of aromatic nitrogens is 2. The van der Waals surface area contributed by atoms with Gasteiger partial charge in [0.2, 0.25) is 0 Å². The molecule has 0 aliphatic carbocycles. The molecule has 4 nitrogen and oxygen atoms in total. The fraction of sp³-hybridized carbons (Fsp3) is 0.100. The lowest BCUT2D eigenvalue weighted by molar-refractivity contribution is 0.0697. The predicted octanol–water partition coefficient (Wildman–Crippen LogP) is 0.996. The van der Waals surface area contributed by atoms with E-state index in [0.29, 0.717) is 23.0 Å². The maximum absolute atomic E-state index is 10.7. The number of carboxylic acids is 1. The molecule has 0 spiro atoms. The van der Waals surface area contributed by atoms with E-state index in [2.05, 4.69) is 9.97 Å². The third kappa shape index (κ3) is 1.81. The van der Waals surface area contributed by atoms with Crippen LogP contribution in [-0.4, -0.2) is 28.9 Å². The van der Waals surface area contributed by atoms with Crippen LogP contribution in [-0.2, 0) is 6.32 Å². The van der Waals surface area contributed by atoms with Gasteiger partial charge in [0.1, 0.15) is 0 Å². The Balaban J connectivity index is 2.59. The summed E-state index contributed by atoms with van der Waals surface area (Å²) in [6.45, 7) is 0. The lowest BCUT2D eigenvalue weighted by atomic mass is 10.0. The maximum atomic E-state index is 10.7. The van der Waals surface area contributed by atoms with E-state index < -0.39 is 5.97 Å². The van der Waals surface area contributed by atoms with Gasteiger partial charge < -0.3 is 5.11 Å². The maximum Gasteiger partial charge on any atom is 0.335 e. The molecule has 15 heavy (non-hydrogen) atoms. The van der Waals surface area contributed by atoms with Crippen molar-refractivity contribution in [3.8, 4) is 0 Å². The molecule has 1 heterocycles. The second kappa shape index (κ2) is 3.69. The van der Waals surface area contributed by atoms with Gasteiger partial charge in [-0.05, 0) is 24.5 Å². The molecule has 2 aromatic rings. The Morgan fingerprint density at radius 3 is 2.87 bits per heavy atom. The number of carboxylic acid groups (broad SMARTS) is 1. The van der Waals surface area contributed by atoms with Crippen LogP contribution in [0.2, 0.25) is 0 Å². The zero-order chi connectivity index (χ0) is 10.8. The average Bonchev–Trinajstić information content (AvgIpc) is 2.27. The molecule has 1 aromatic carbocycles. The summed E-state index contributed by atoms with van der Waals surface area (Å²) in [4.78, 5) is 19.0. The van der Waals surface area contributed by atoms with Crippen molar-refractivity contribution in [3.63, 3.8) is 0 Å². The van der Waals surface area contributed by atoms with E-state index in [1.807, 2.05) is 0 Å². The Bertz CT molecular complexity index is 528. The molecule has 1 aromatic heterocycles. The van der Waals surface area contributed by atoms with Gasteiger partial charge in [0.05, 0.1) is 30.1 Å². The van der Waals surface area contributed by atoms with Crippen molar-refractivity contribution in [2.45, 2.75) is 6.32 Å². The van der Waals surface area contributed by atoms with Crippen molar-refractivity contribution in [2.75, 3.05) is 0 Å². The van der Waals surface area contributed by atoms with Gasteiger partial charge in [-0.2, -0.15) is 0 Å². The van der Waals surface area contributed by atoms with Crippen molar-refractivity contribution in [2.24, 2.45) is 0 Å². The first-order valence-electron chi connectivity index (χ1n) is 4.40. The minimum atomic E-state index is -0.971. The summed E-state index contributed by atoms with van der Waals surface area (Å²) in [5.74, 6) is -0.971. The first-order valence-corrected chi connectivity index (χ1v) is 4.40. The molecule has 0 bridgehead atoms. The number of hydrogen-bond donors (Lipinski definition) is 1. The van der Waals surface area contributed by atoms with E-state index in [4.69, 9.17) is 13.0 Å². The molecule has 0 saturated carbocycles. The molecule has 0 atom stereocenters. The average molecular weight is 198 g/mol. The number of nitrogens with zero attached hydrogens (tertiary/aromatic N) is 2. The lowest BCUT2D eigenvalue weighted by Crippen LogP contribution is -1.98. The second-order valence-electron chi connectivity index (χ2n) is 3.07. The minimum Gasteiger partial charge on any atom is -0.478 e. The number of benzene rings is 1. The summed E-state index contributed by atoms with van der Waals surface area (Å²) >= 11 is 0. The number of fused-ring (bicyclic) bond motifs is 1. The molecule has 0 aliphatic heterocycles. The summed E-state index contributed by atoms with van der Waals surface area (Å²) in [6.07, 6.45) is 1.87. The zero-order valence-corrected chi connectivity index (χ0v) is 7.84. The molecule has 2 rings (SSSR count). The van der Waals surface area contributed by atoms with Gasteiger partial charge in [0, 0.05) is 6.20 Å². The van der Waals surface area contributed by atoms with Crippen LogP contribution in [0.5, 0.6) is 0 Å². The van der Waals surface area contributed by atoms with Crippen molar-refractivity contribution in [1.29, 1.82) is 0 Å². The Morgan fingerprint density at radius 1 is 1.40 bits per heavy atom. The monoisotopic (exact) mass is 198 g/mol. The fourth-order valence-corrected chi connectivity index (χ4v) is 1.28. The highest BCUT2D eigenvalue weighted by Gasteiger charge is 2.05. The summed E-state index contributed by atoms with van der Waals surface area (Å²) < 4.78 is 0. The van der Waals surface area contributed by atoms with Gasteiger partial charge >= 0.3 is 5.97 Å². The van der Waals surface area contributed by atoms with E-state index in [9.17, 15) is 4.79 Å². The van der Waals surface area contributed by atoms with Gasteiger partial charge in [-0.15, -0.1) is 0 Å². The Labute approximate surface area is 87.4 Å². The topological polar surface area (TPSA) is 63.1 Å². The van der Waals surface area contributed by atoms with E-state index >= 15 is 0 Å². The summed E-state index contributed by atoms with van der Waals surface area (Å²) in [5.41, 5.74) is 2.11. The number of hydrogen-bond acceptors (Lipinski definition) is 3. The van der Waals surface area contributed by atoms with E-state index in [-0.39, 0.29) is 5.56 Å². The molecule has 0 aliphatic rings. The SMILES string of the molecule is [B]Cc1cnc2cc(C(=O)O)ccc2n1. The molecule has 0 saturated heterocycles. The third-order valence-electron chi connectivity index (χ3n) is 2.05. The molecular formula is C10H7BN2O2. The molecular weight excluding hydrogens is 191 g/mol. The Morgan fingerprint density at radius 2 is 2.20 bits per heavy atom. The lowest BCUT2D eigenvalue weighted by Gasteiger charge is -2.00. The van der Waals surface area contributed by atoms with Crippen LogP contribution in [0.15, 0.2) is 24.4 Å². The Hall–Kier alpha value is -1.91. The quantitative estimate of drug-likeness (QED) is 0.731. The van der Waals surface area contributed by atoms with Gasteiger partial charge in [0.15, 0.2) is 0 Å². The van der Waals surface area contributed by atoms with Crippen molar-refractivity contribution >= 4 is 24.8 Å². The van der Waals surface area contributed by atoms with Gasteiger partial charge in [-0.3, -0.25) is 9.97 Å². The highest BCUT2D eigenvalue weighted by Crippen LogP contribution is 2.12. The van der Waals surface area contributed by atoms with Crippen LogP contribution >= 0.6 is 0 Å². The number of aromatic carboxylic acids is 1. The van der Waals surface area contributed by atoms with Gasteiger partial charge in [0.25, 0.3) is 0 Å². The standard InChI is InChI=1S/C10H7BN2O2/c11-4-7-5-12-9-3-6(10(14)15)1-2-8(9)13-7/h1-3,5H,4H2,(H,14,15). The van der Waals surface area contributed by atoms with Crippen molar-refractivity contribution in [1.82, 2.24) is 9.97 Å². The zero-order valence-electron chi connectivity index (χ0n) is 7.84. The molecule has 5 heteroatoms. The number of carbonyl (C=O) groups is 1. The van der Waals surface area contributed by atoms with E-state index in [0.717, 1.165) is 0 Å². The normalized spacial score (nSPS) is 10.4.